The van der Waals surface area contributed by atoms with E-state index in [2.05, 4.69) is 41.5 Å². The molecule has 2 atom stereocenters. The normalized spacial score (nSPS) is 30.3. The summed E-state index contributed by atoms with van der Waals surface area (Å²) < 4.78 is 11.3. The van der Waals surface area contributed by atoms with E-state index in [4.69, 9.17) is 9.31 Å². The Morgan fingerprint density at radius 1 is 0.769 bits per heavy atom. The summed E-state index contributed by atoms with van der Waals surface area (Å²) in [7, 11) is 0.448. The van der Waals surface area contributed by atoms with E-state index in [1.54, 1.807) is 0 Å². The van der Waals surface area contributed by atoms with Gasteiger partial charge in [-0.2, -0.15) is 0 Å². The Hall–Kier alpha value is -0.0151. The van der Waals surface area contributed by atoms with Crippen molar-refractivity contribution >= 4 is 7.69 Å². The predicted molar refractivity (Wildman–Crippen MR) is 55.8 cm³/mol. The molecule has 0 aromatic carbocycles. The van der Waals surface area contributed by atoms with Crippen LogP contribution >= 0.6 is 0 Å². The van der Waals surface area contributed by atoms with Gasteiger partial charge in [-0.25, -0.2) is 0 Å². The molecule has 0 N–H and O–H groups in total. The summed E-state index contributed by atoms with van der Waals surface area (Å²) in [5, 5.41) is 0. The van der Waals surface area contributed by atoms with Crippen LogP contribution in [-0.4, -0.2) is 19.9 Å². The van der Waals surface area contributed by atoms with Gasteiger partial charge in [-0.3, -0.25) is 0 Å². The van der Waals surface area contributed by atoms with Crippen molar-refractivity contribution in [1.82, 2.24) is 0 Å². The molecule has 0 radical (unpaired) electrons. The van der Waals surface area contributed by atoms with Gasteiger partial charge in [0.05, 0.1) is 12.2 Å². The van der Waals surface area contributed by atoms with E-state index in [9.17, 15) is 0 Å². The van der Waals surface area contributed by atoms with Crippen LogP contribution in [0.5, 0.6) is 0 Å². The van der Waals surface area contributed by atoms with E-state index in [1.807, 2.05) is 0 Å². The van der Waals surface area contributed by atoms with Crippen molar-refractivity contribution in [1.29, 1.82) is 0 Å². The molecule has 3 heteroatoms. The molecule has 2 unspecified atom stereocenters. The maximum atomic E-state index is 5.63. The Bertz CT molecular complexity index is 158. The van der Waals surface area contributed by atoms with Crippen molar-refractivity contribution in [3.8, 4) is 0 Å². The van der Waals surface area contributed by atoms with Crippen LogP contribution in [0.25, 0.3) is 0 Å². The van der Waals surface area contributed by atoms with Gasteiger partial charge in [-0.1, -0.05) is 41.5 Å². The lowest BCUT2D eigenvalue weighted by molar-refractivity contribution is 0.000876. The fraction of sp³-hybridized carbons (Fsp3) is 1.00. The Labute approximate surface area is 82.3 Å². The molecule has 13 heavy (non-hydrogen) atoms. The Morgan fingerprint density at radius 3 is 1.31 bits per heavy atom. The van der Waals surface area contributed by atoms with Gasteiger partial charge < -0.3 is 9.31 Å². The maximum Gasteiger partial charge on any atom is 0.438 e. The van der Waals surface area contributed by atoms with E-state index in [-0.39, 0.29) is 23.0 Å². The second kappa shape index (κ2) is 3.28. The van der Waals surface area contributed by atoms with Gasteiger partial charge in [-0.05, 0) is 10.8 Å². The number of hydrogen-bond acceptors (Lipinski definition) is 2. The minimum Gasteiger partial charge on any atom is -0.408 e. The summed E-state index contributed by atoms with van der Waals surface area (Å²) >= 11 is 0. The number of rotatable bonds is 0. The largest absolute Gasteiger partial charge is 0.438 e. The summed E-state index contributed by atoms with van der Waals surface area (Å²) in [4.78, 5) is 0. The second-order valence-electron chi connectivity index (χ2n) is 6.02. The van der Waals surface area contributed by atoms with Crippen LogP contribution in [0.2, 0.25) is 0 Å². The smallest absolute Gasteiger partial charge is 0.408 e. The summed E-state index contributed by atoms with van der Waals surface area (Å²) in [6.45, 7) is 13.2. The zero-order chi connectivity index (χ0) is 10.3. The van der Waals surface area contributed by atoms with Gasteiger partial charge in [0.15, 0.2) is 0 Å². The monoisotopic (exact) mass is 184 g/mol. The molecule has 2 nitrogen and oxygen atoms in total. The van der Waals surface area contributed by atoms with Gasteiger partial charge in [-0.15, -0.1) is 0 Å². The van der Waals surface area contributed by atoms with Gasteiger partial charge in [0.2, 0.25) is 0 Å². The average Bonchev–Trinajstić information content (AvgIpc) is 2.27. The first kappa shape index (κ1) is 11.1. The highest BCUT2D eigenvalue weighted by atomic mass is 16.6. The molecule has 1 rings (SSSR count). The number of hydrogen-bond donors (Lipinski definition) is 0. The molecule has 0 aromatic heterocycles. The molecule has 1 saturated heterocycles. The molecular formula is C10H21BO2. The van der Waals surface area contributed by atoms with E-state index in [0.717, 1.165) is 0 Å². The molecule has 0 saturated carbocycles. The highest BCUT2D eigenvalue weighted by molar-refractivity contribution is 6.19. The second-order valence-corrected chi connectivity index (χ2v) is 6.02. The zero-order valence-corrected chi connectivity index (χ0v) is 9.68. The highest BCUT2D eigenvalue weighted by Gasteiger charge is 2.44. The van der Waals surface area contributed by atoms with Crippen LogP contribution in [0.1, 0.15) is 41.5 Å². The third-order valence-corrected chi connectivity index (χ3v) is 2.48. The van der Waals surface area contributed by atoms with Crippen LogP contribution in [0.3, 0.4) is 0 Å². The summed E-state index contributed by atoms with van der Waals surface area (Å²) in [6.07, 6.45) is 0.431. The van der Waals surface area contributed by atoms with E-state index >= 15 is 0 Å². The van der Waals surface area contributed by atoms with E-state index in [1.165, 1.54) is 0 Å². The van der Waals surface area contributed by atoms with Crippen molar-refractivity contribution in [2.45, 2.75) is 53.8 Å². The fourth-order valence-corrected chi connectivity index (χ4v) is 1.77. The van der Waals surface area contributed by atoms with Crippen LogP contribution < -0.4 is 0 Å². The lowest BCUT2D eigenvalue weighted by Crippen LogP contribution is -2.42. The van der Waals surface area contributed by atoms with Crippen LogP contribution in [0, 0.1) is 10.8 Å². The van der Waals surface area contributed by atoms with Crippen LogP contribution in [-0.2, 0) is 9.31 Å². The van der Waals surface area contributed by atoms with Gasteiger partial charge in [0, 0.05) is 0 Å². The van der Waals surface area contributed by atoms with E-state index in [0.29, 0.717) is 7.69 Å². The third kappa shape index (κ3) is 2.47. The van der Waals surface area contributed by atoms with E-state index < -0.39 is 0 Å². The lowest BCUT2D eigenvalue weighted by atomic mass is 9.76. The third-order valence-electron chi connectivity index (χ3n) is 2.48. The fourth-order valence-electron chi connectivity index (χ4n) is 1.77. The van der Waals surface area contributed by atoms with Gasteiger partial charge >= 0.3 is 7.69 Å². The van der Waals surface area contributed by atoms with Crippen LogP contribution in [0.4, 0.5) is 0 Å². The molecule has 76 valence electrons. The molecule has 0 bridgehead atoms. The molecule has 0 amide bonds. The first-order valence-electron chi connectivity index (χ1n) is 4.96. The lowest BCUT2D eigenvalue weighted by Gasteiger charge is -2.37. The SMILES string of the molecule is CC(C)(C)C1OBOC1C(C)(C)C. The van der Waals surface area contributed by atoms with Gasteiger partial charge in [0.1, 0.15) is 0 Å². The molecule has 0 spiro atoms. The molecule has 1 heterocycles. The molecular weight excluding hydrogens is 163 g/mol. The zero-order valence-electron chi connectivity index (χ0n) is 9.68. The predicted octanol–water partition coefficient (Wildman–Crippen LogP) is 2.13. The molecule has 0 aliphatic carbocycles. The first-order valence-corrected chi connectivity index (χ1v) is 4.96. The van der Waals surface area contributed by atoms with Gasteiger partial charge in [0.25, 0.3) is 0 Å². The van der Waals surface area contributed by atoms with Crippen LogP contribution in [0.15, 0.2) is 0 Å². The van der Waals surface area contributed by atoms with Crippen molar-refractivity contribution in [2.24, 2.45) is 10.8 Å². The minimum atomic E-state index is 0.161. The maximum absolute atomic E-state index is 5.63. The summed E-state index contributed by atoms with van der Waals surface area (Å²) in [5.74, 6) is 0. The van der Waals surface area contributed by atoms with Crippen molar-refractivity contribution in [3.05, 3.63) is 0 Å². The van der Waals surface area contributed by atoms with Crippen molar-refractivity contribution in [2.75, 3.05) is 0 Å². The van der Waals surface area contributed by atoms with Crippen molar-refractivity contribution in [3.63, 3.8) is 0 Å². The van der Waals surface area contributed by atoms with Crippen molar-refractivity contribution < 1.29 is 9.31 Å². The molecule has 0 aromatic rings. The highest BCUT2D eigenvalue weighted by Crippen LogP contribution is 2.37. The quantitative estimate of drug-likeness (QED) is 0.537. The first-order chi connectivity index (χ1) is 5.73. The standard InChI is InChI=1S/C10H21BO2/c1-9(2,3)7-8(10(4,5)6)13-11-12-7/h7-8,11H,1-6H3. The molecule has 1 aliphatic rings. The summed E-state index contributed by atoms with van der Waals surface area (Å²) in [5.41, 5.74) is 0.322. The molecule has 1 aliphatic heterocycles. The summed E-state index contributed by atoms with van der Waals surface area (Å²) in [6, 6.07) is 0. The Balaban J connectivity index is 2.76. The Morgan fingerprint density at radius 2 is 1.08 bits per heavy atom. The average molecular weight is 184 g/mol. The molecule has 1 fully saturated rings. The minimum absolute atomic E-state index is 0.161. The topological polar surface area (TPSA) is 18.5 Å². The Kier molecular flexibility index (Phi) is 2.79.